The fourth-order valence-electron chi connectivity index (χ4n) is 1.58. The molecule has 0 fully saturated rings. The minimum Gasteiger partial charge on any atom is -0.462 e. The first kappa shape index (κ1) is 19.4. The van der Waals surface area contributed by atoms with Gasteiger partial charge in [0, 0.05) is 11.6 Å². The minimum absolute atomic E-state index is 0.0558. The highest BCUT2D eigenvalue weighted by Crippen LogP contribution is 2.11. The number of para-hydroxylation sites is 1. The van der Waals surface area contributed by atoms with Crippen molar-refractivity contribution in [3.63, 3.8) is 0 Å². The number of nitrogens with two attached hydrogens (primary N) is 1. The van der Waals surface area contributed by atoms with Crippen LogP contribution in [0.3, 0.4) is 0 Å². The zero-order valence-corrected chi connectivity index (χ0v) is 14.7. The summed E-state index contributed by atoms with van der Waals surface area (Å²) in [5, 5.41) is 2.91. The van der Waals surface area contributed by atoms with Gasteiger partial charge in [0.05, 0.1) is 6.61 Å². The van der Waals surface area contributed by atoms with Gasteiger partial charge in [-0.25, -0.2) is 4.79 Å². The average molecular weight is 350 g/mol. The molecule has 7 nitrogen and oxygen atoms in total. The third-order valence-electron chi connectivity index (χ3n) is 2.85. The lowest BCUT2D eigenvalue weighted by molar-refractivity contribution is -0.138. The molecule has 0 aromatic heterocycles. The number of ether oxygens (including phenoxy) is 1. The predicted octanol–water partition coefficient (Wildman–Crippen LogP) is 1.44. The summed E-state index contributed by atoms with van der Waals surface area (Å²) in [6.45, 7) is 5.30. The fraction of sp³-hybridized carbons (Fsp3) is 0.312. The number of carbonyl (C=O) groups is 2. The number of hydrogen-bond acceptors (Lipinski definition) is 6. The lowest BCUT2D eigenvalue weighted by atomic mass is 10.2. The molecule has 0 spiro atoms. The molecule has 1 aromatic carbocycles. The summed E-state index contributed by atoms with van der Waals surface area (Å²) < 4.78 is 4.98. The number of amides is 1. The first-order chi connectivity index (χ1) is 11.4. The van der Waals surface area contributed by atoms with Crippen molar-refractivity contribution in [2.75, 3.05) is 11.9 Å². The molecule has 24 heavy (non-hydrogen) atoms. The van der Waals surface area contributed by atoms with Gasteiger partial charge in [-0.3, -0.25) is 15.6 Å². The van der Waals surface area contributed by atoms with Crippen molar-refractivity contribution < 1.29 is 14.3 Å². The molecule has 0 unspecified atom stereocenters. The Kier molecular flexibility index (Phi) is 7.70. The summed E-state index contributed by atoms with van der Waals surface area (Å²) in [6, 6.07) is 9.08. The molecule has 0 heterocycles. The third kappa shape index (κ3) is 5.88. The minimum atomic E-state index is -0.685. The van der Waals surface area contributed by atoms with Gasteiger partial charge in [-0.2, -0.15) is 0 Å². The molecule has 5 N–H and O–H groups in total. The lowest BCUT2D eigenvalue weighted by Gasteiger charge is -2.16. The van der Waals surface area contributed by atoms with Crippen molar-refractivity contribution in [2.45, 2.75) is 20.8 Å². The van der Waals surface area contributed by atoms with Crippen LogP contribution in [0.4, 0.5) is 5.69 Å². The topological polar surface area (TPSA) is 105 Å². The third-order valence-corrected chi connectivity index (χ3v) is 3.16. The van der Waals surface area contributed by atoms with Gasteiger partial charge < -0.3 is 15.8 Å². The van der Waals surface area contributed by atoms with Gasteiger partial charge in [-0.15, -0.1) is 0 Å². The summed E-state index contributed by atoms with van der Waals surface area (Å²) in [5.74, 6) is -1.31. The Morgan fingerprint density at radius 3 is 2.38 bits per heavy atom. The zero-order valence-electron chi connectivity index (χ0n) is 13.9. The molecule has 1 aromatic rings. The number of hydrogen-bond donors (Lipinski definition) is 4. The van der Waals surface area contributed by atoms with Crippen LogP contribution < -0.4 is 21.9 Å². The van der Waals surface area contributed by atoms with Gasteiger partial charge in [-0.05, 0) is 19.1 Å². The first-order valence-corrected chi connectivity index (χ1v) is 7.86. The van der Waals surface area contributed by atoms with Crippen molar-refractivity contribution >= 4 is 34.8 Å². The maximum atomic E-state index is 12.2. The second kappa shape index (κ2) is 9.51. The standard InChI is InChI=1S/C16H22N4O3S/c1-4-23-16(22)12(13(17)19-20-14(21)10(2)3)15(24)18-11-8-6-5-7-9-11/h5-10,19H,4,17H2,1-3H3,(H,18,24)(H,20,21)/b13-12-. The van der Waals surface area contributed by atoms with Crippen LogP contribution >= 0.6 is 12.2 Å². The molecule has 0 saturated heterocycles. The quantitative estimate of drug-likeness (QED) is 0.255. The Hall–Kier alpha value is -2.61. The molecule has 1 amide bonds. The summed E-state index contributed by atoms with van der Waals surface area (Å²) in [6.07, 6.45) is 0. The molecule has 0 saturated carbocycles. The van der Waals surface area contributed by atoms with Crippen LogP contribution in [0.1, 0.15) is 20.8 Å². The van der Waals surface area contributed by atoms with E-state index < -0.39 is 5.97 Å². The molecular weight excluding hydrogens is 328 g/mol. The van der Waals surface area contributed by atoms with Crippen LogP contribution in [0.2, 0.25) is 0 Å². The molecule has 0 aliphatic carbocycles. The van der Waals surface area contributed by atoms with E-state index >= 15 is 0 Å². The largest absolute Gasteiger partial charge is 0.462 e. The molecule has 8 heteroatoms. The molecule has 0 radical (unpaired) electrons. The van der Waals surface area contributed by atoms with E-state index in [1.54, 1.807) is 32.9 Å². The highest BCUT2D eigenvalue weighted by Gasteiger charge is 2.21. The first-order valence-electron chi connectivity index (χ1n) is 7.46. The highest BCUT2D eigenvalue weighted by molar-refractivity contribution is 7.81. The van der Waals surface area contributed by atoms with Crippen molar-refractivity contribution in [1.82, 2.24) is 10.9 Å². The van der Waals surface area contributed by atoms with Crippen LogP contribution in [0, 0.1) is 5.92 Å². The summed E-state index contributed by atoms with van der Waals surface area (Å²) in [4.78, 5) is 23.9. The average Bonchev–Trinajstić information content (AvgIpc) is 2.53. The van der Waals surface area contributed by atoms with E-state index in [4.69, 9.17) is 22.7 Å². The summed E-state index contributed by atoms with van der Waals surface area (Å²) in [7, 11) is 0. The van der Waals surface area contributed by atoms with E-state index in [0.717, 1.165) is 0 Å². The number of anilines is 1. The number of hydrazine groups is 1. The van der Waals surface area contributed by atoms with E-state index in [1.165, 1.54) is 0 Å². The Morgan fingerprint density at radius 1 is 1.21 bits per heavy atom. The Balaban J connectivity index is 2.97. The highest BCUT2D eigenvalue weighted by atomic mass is 32.1. The van der Waals surface area contributed by atoms with Gasteiger partial charge in [0.1, 0.15) is 16.4 Å². The molecule has 0 bridgehead atoms. The molecule has 130 valence electrons. The van der Waals surface area contributed by atoms with Gasteiger partial charge in [0.25, 0.3) is 0 Å². The van der Waals surface area contributed by atoms with Crippen molar-refractivity contribution in [3.05, 3.63) is 41.7 Å². The zero-order chi connectivity index (χ0) is 18.1. The van der Waals surface area contributed by atoms with E-state index in [2.05, 4.69) is 16.2 Å². The van der Waals surface area contributed by atoms with E-state index in [1.807, 2.05) is 18.2 Å². The number of esters is 1. The van der Waals surface area contributed by atoms with Gasteiger partial charge in [0.15, 0.2) is 0 Å². The lowest BCUT2D eigenvalue weighted by Crippen LogP contribution is -2.43. The van der Waals surface area contributed by atoms with E-state index in [0.29, 0.717) is 5.69 Å². The van der Waals surface area contributed by atoms with E-state index in [-0.39, 0.29) is 34.8 Å². The number of carbonyl (C=O) groups excluding carboxylic acids is 2. The van der Waals surface area contributed by atoms with Crippen LogP contribution in [-0.2, 0) is 14.3 Å². The number of nitrogens with one attached hydrogen (secondary N) is 3. The fourth-order valence-corrected chi connectivity index (χ4v) is 1.89. The van der Waals surface area contributed by atoms with Crippen LogP contribution in [0.5, 0.6) is 0 Å². The number of benzene rings is 1. The molecule has 0 atom stereocenters. The van der Waals surface area contributed by atoms with Gasteiger partial charge in [-0.1, -0.05) is 44.3 Å². The Labute approximate surface area is 146 Å². The van der Waals surface area contributed by atoms with Crippen LogP contribution in [-0.4, -0.2) is 23.5 Å². The number of thiocarbonyl (C=S) groups is 1. The number of rotatable bonds is 7. The molecular formula is C16H22N4O3S. The monoisotopic (exact) mass is 350 g/mol. The van der Waals surface area contributed by atoms with Gasteiger partial charge in [0.2, 0.25) is 5.91 Å². The maximum absolute atomic E-state index is 12.2. The summed E-state index contributed by atoms with van der Waals surface area (Å²) in [5.41, 5.74) is 11.4. The van der Waals surface area contributed by atoms with Crippen molar-refractivity contribution in [2.24, 2.45) is 11.7 Å². The molecule has 1 rings (SSSR count). The van der Waals surface area contributed by atoms with Crippen molar-refractivity contribution in [1.29, 1.82) is 0 Å². The SMILES string of the molecule is CCOC(=O)/C(C(=S)Nc1ccccc1)=C(/N)NNC(=O)C(C)C. The molecule has 0 aliphatic rings. The normalized spacial score (nSPS) is 11.3. The predicted molar refractivity (Wildman–Crippen MR) is 96.6 cm³/mol. The molecule has 0 aliphatic heterocycles. The second-order valence-electron chi connectivity index (χ2n) is 5.10. The van der Waals surface area contributed by atoms with Crippen LogP contribution in [0.15, 0.2) is 41.7 Å². The summed E-state index contributed by atoms with van der Waals surface area (Å²) >= 11 is 5.25. The smallest absolute Gasteiger partial charge is 0.344 e. The Bertz CT molecular complexity index is 629. The van der Waals surface area contributed by atoms with Crippen LogP contribution in [0.25, 0.3) is 0 Å². The second-order valence-corrected chi connectivity index (χ2v) is 5.51. The Morgan fingerprint density at radius 2 is 1.83 bits per heavy atom. The maximum Gasteiger partial charge on any atom is 0.344 e. The van der Waals surface area contributed by atoms with E-state index in [9.17, 15) is 9.59 Å². The van der Waals surface area contributed by atoms with Gasteiger partial charge >= 0.3 is 5.97 Å². The van der Waals surface area contributed by atoms with Crippen molar-refractivity contribution in [3.8, 4) is 0 Å².